The molecule has 1 aliphatic rings. The minimum Gasteiger partial charge on any atom is -0.481 e. The molecule has 4 heteroatoms. The van der Waals surface area contributed by atoms with Crippen molar-refractivity contribution in [1.29, 1.82) is 0 Å². The quantitative estimate of drug-likeness (QED) is 0.685. The zero-order chi connectivity index (χ0) is 10.3. The lowest BCUT2D eigenvalue weighted by Gasteiger charge is -2.15. The first kappa shape index (κ1) is 12.4. The summed E-state index contributed by atoms with van der Waals surface area (Å²) in [6.07, 6.45) is 1.02. The number of hydrogen-bond acceptors (Lipinski definition) is 3. The second-order valence-corrected chi connectivity index (χ2v) is 3.43. The van der Waals surface area contributed by atoms with Crippen molar-refractivity contribution in [1.82, 2.24) is 5.32 Å². The standard InChI is InChI=1S/C5H11NO.C4H8O2/c1-5(2)6-3-4-7-5;1-2-3-4(5)6/h6H,3-4H2,1-2H3;2-3H2,1H3,(H,5,6). The molecule has 78 valence electrons. The summed E-state index contributed by atoms with van der Waals surface area (Å²) in [7, 11) is 0. The van der Waals surface area contributed by atoms with E-state index < -0.39 is 5.97 Å². The highest BCUT2D eigenvalue weighted by molar-refractivity contribution is 5.66. The van der Waals surface area contributed by atoms with E-state index in [1.54, 1.807) is 0 Å². The SMILES string of the molecule is CC1(C)NCCO1.CCCC(=O)O. The van der Waals surface area contributed by atoms with E-state index in [1.807, 2.05) is 20.8 Å². The van der Waals surface area contributed by atoms with Gasteiger partial charge in [0.25, 0.3) is 0 Å². The molecule has 0 saturated carbocycles. The molecule has 0 aromatic heterocycles. The first-order valence-corrected chi connectivity index (χ1v) is 4.58. The Morgan fingerprint density at radius 2 is 2.23 bits per heavy atom. The van der Waals surface area contributed by atoms with Crippen LogP contribution in [-0.2, 0) is 9.53 Å². The van der Waals surface area contributed by atoms with E-state index in [4.69, 9.17) is 9.84 Å². The number of carbonyl (C=O) groups is 1. The summed E-state index contributed by atoms with van der Waals surface area (Å²) < 4.78 is 5.23. The number of rotatable bonds is 2. The van der Waals surface area contributed by atoms with Gasteiger partial charge in [-0.3, -0.25) is 10.1 Å². The lowest BCUT2D eigenvalue weighted by molar-refractivity contribution is -0.137. The minimum absolute atomic E-state index is 0.0556. The molecular formula is C9H19NO3. The summed E-state index contributed by atoms with van der Waals surface area (Å²) in [6.45, 7) is 7.74. The van der Waals surface area contributed by atoms with Gasteiger partial charge in [-0.25, -0.2) is 0 Å². The lowest BCUT2D eigenvalue weighted by Crippen LogP contribution is -2.33. The summed E-state index contributed by atoms with van der Waals surface area (Å²) in [5, 5.41) is 11.1. The van der Waals surface area contributed by atoms with Crippen LogP contribution < -0.4 is 5.32 Å². The molecule has 0 bridgehead atoms. The van der Waals surface area contributed by atoms with Gasteiger partial charge in [-0.15, -0.1) is 0 Å². The van der Waals surface area contributed by atoms with Crippen LogP contribution in [0.3, 0.4) is 0 Å². The molecule has 0 radical (unpaired) electrons. The molecule has 0 atom stereocenters. The van der Waals surface area contributed by atoms with E-state index >= 15 is 0 Å². The topological polar surface area (TPSA) is 58.6 Å². The summed E-state index contributed by atoms with van der Waals surface area (Å²) in [6, 6.07) is 0. The van der Waals surface area contributed by atoms with Gasteiger partial charge in [0.2, 0.25) is 0 Å². The number of ether oxygens (including phenoxy) is 1. The van der Waals surface area contributed by atoms with Crippen LogP contribution >= 0.6 is 0 Å². The maximum Gasteiger partial charge on any atom is 0.303 e. The van der Waals surface area contributed by atoms with Crippen LogP contribution in [0.2, 0.25) is 0 Å². The highest BCUT2D eigenvalue weighted by atomic mass is 16.5. The number of carboxylic acid groups (broad SMARTS) is 1. The van der Waals surface area contributed by atoms with Gasteiger partial charge in [0, 0.05) is 13.0 Å². The fraction of sp³-hybridized carbons (Fsp3) is 0.889. The minimum atomic E-state index is -0.711. The van der Waals surface area contributed by atoms with Crippen molar-refractivity contribution in [3.8, 4) is 0 Å². The molecule has 2 N–H and O–H groups in total. The van der Waals surface area contributed by atoms with Gasteiger partial charge in [-0.1, -0.05) is 6.92 Å². The fourth-order valence-electron chi connectivity index (χ4n) is 0.923. The smallest absolute Gasteiger partial charge is 0.303 e. The van der Waals surface area contributed by atoms with Gasteiger partial charge in [-0.05, 0) is 20.3 Å². The van der Waals surface area contributed by atoms with Crippen molar-refractivity contribution in [2.75, 3.05) is 13.2 Å². The largest absolute Gasteiger partial charge is 0.481 e. The molecule has 0 aliphatic carbocycles. The zero-order valence-electron chi connectivity index (χ0n) is 8.59. The normalized spacial score (nSPS) is 19.0. The second-order valence-electron chi connectivity index (χ2n) is 3.43. The Bertz CT molecular complexity index is 149. The third-order valence-corrected chi connectivity index (χ3v) is 1.58. The van der Waals surface area contributed by atoms with Crippen molar-refractivity contribution in [3.63, 3.8) is 0 Å². The Balaban J connectivity index is 0.000000226. The number of carboxylic acids is 1. The van der Waals surface area contributed by atoms with E-state index in [0.717, 1.165) is 19.6 Å². The molecule has 1 heterocycles. The maximum absolute atomic E-state index is 9.60. The van der Waals surface area contributed by atoms with Gasteiger partial charge in [-0.2, -0.15) is 0 Å². The summed E-state index contributed by atoms with van der Waals surface area (Å²) >= 11 is 0. The van der Waals surface area contributed by atoms with Crippen LogP contribution in [-0.4, -0.2) is 30.0 Å². The van der Waals surface area contributed by atoms with Crippen molar-refractivity contribution in [2.24, 2.45) is 0 Å². The average Bonchev–Trinajstić information content (AvgIpc) is 2.35. The van der Waals surface area contributed by atoms with Crippen LogP contribution in [0.15, 0.2) is 0 Å². The Labute approximate surface area is 79.3 Å². The predicted molar refractivity (Wildman–Crippen MR) is 50.6 cm³/mol. The molecule has 0 amide bonds. The summed E-state index contributed by atoms with van der Waals surface area (Å²) in [5.41, 5.74) is -0.0556. The second kappa shape index (κ2) is 5.94. The molecule has 1 saturated heterocycles. The zero-order valence-corrected chi connectivity index (χ0v) is 8.59. The lowest BCUT2D eigenvalue weighted by atomic mass is 10.3. The van der Waals surface area contributed by atoms with E-state index in [9.17, 15) is 4.79 Å². The van der Waals surface area contributed by atoms with Crippen LogP contribution in [0.1, 0.15) is 33.6 Å². The third-order valence-electron chi connectivity index (χ3n) is 1.58. The monoisotopic (exact) mass is 189 g/mol. The number of aliphatic carboxylic acids is 1. The van der Waals surface area contributed by atoms with Gasteiger partial charge >= 0.3 is 5.97 Å². The van der Waals surface area contributed by atoms with Gasteiger partial charge in [0.05, 0.1) is 6.61 Å². The maximum atomic E-state index is 9.60. The molecule has 1 fully saturated rings. The van der Waals surface area contributed by atoms with Crippen LogP contribution in [0, 0.1) is 0 Å². The van der Waals surface area contributed by atoms with E-state index in [2.05, 4.69) is 5.32 Å². The van der Waals surface area contributed by atoms with E-state index in [0.29, 0.717) is 6.42 Å². The van der Waals surface area contributed by atoms with E-state index in [1.165, 1.54) is 0 Å². The van der Waals surface area contributed by atoms with Crippen molar-refractivity contribution in [2.45, 2.75) is 39.3 Å². The molecule has 0 aromatic carbocycles. The molecule has 1 rings (SSSR count). The Morgan fingerprint density at radius 3 is 2.31 bits per heavy atom. The molecule has 4 nitrogen and oxygen atoms in total. The average molecular weight is 189 g/mol. The third kappa shape index (κ3) is 7.74. The first-order chi connectivity index (χ1) is 5.98. The van der Waals surface area contributed by atoms with Crippen molar-refractivity contribution in [3.05, 3.63) is 0 Å². The van der Waals surface area contributed by atoms with Gasteiger partial charge < -0.3 is 9.84 Å². The summed E-state index contributed by atoms with van der Waals surface area (Å²) in [5.74, 6) is -0.711. The molecule has 0 spiro atoms. The highest BCUT2D eigenvalue weighted by Crippen LogP contribution is 2.07. The first-order valence-electron chi connectivity index (χ1n) is 4.58. The Kier molecular flexibility index (Phi) is 5.66. The number of hydrogen-bond donors (Lipinski definition) is 2. The fourth-order valence-corrected chi connectivity index (χ4v) is 0.923. The predicted octanol–water partition coefficient (Wildman–Crippen LogP) is 1.21. The van der Waals surface area contributed by atoms with Crippen LogP contribution in [0.25, 0.3) is 0 Å². The van der Waals surface area contributed by atoms with Crippen molar-refractivity contribution < 1.29 is 14.6 Å². The van der Waals surface area contributed by atoms with E-state index in [-0.39, 0.29) is 5.72 Å². The van der Waals surface area contributed by atoms with Gasteiger partial charge in [0.15, 0.2) is 0 Å². The van der Waals surface area contributed by atoms with Gasteiger partial charge in [0.1, 0.15) is 5.72 Å². The Hall–Kier alpha value is -0.610. The van der Waals surface area contributed by atoms with Crippen molar-refractivity contribution >= 4 is 5.97 Å². The Morgan fingerprint density at radius 1 is 1.62 bits per heavy atom. The summed E-state index contributed by atoms with van der Waals surface area (Å²) in [4.78, 5) is 9.60. The van der Waals surface area contributed by atoms with Crippen LogP contribution in [0.5, 0.6) is 0 Å². The molecule has 0 unspecified atom stereocenters. The molecular weight excluding hydrogens is 170 g/mol. The molecule has 13 heavy (non-hydrogen) atoms. The highest BCUT2D eigenvalue weighted by Gasteiger charge is 2.21. The van der Waals surface area contributed by atoms with Crippen LogP contribution in [0.4, 0.5) is 0 Å². The molecule has 0 aromatic rings. The number of nitrogens with one attached hydrogen (secondary N) is 1. The molecule has 1 aliphatic heterocycles.